The number of aromatic nitrogens is 1. The molecule has 0 radical (unpaired) electrons. The normalized spacial score (nSPS) is 13.1. The van der Waals surface area contributed by atoms with Gasteiger partial charge in [-0.25, -0.2) is 0 Å². The molecule has 1 aromatic rings. The second kappa shape index (κ2) is 6.45. The van der Waals surface area contributed by atoms with Crippen molar-refractivity contribution in [3.05, 3.63) is 34.5 Å². The van der Waals surface area contributed by atoms with Crippen molar-refractivity contribution in [3.8, 4) is 0 Å². The monoisotopic (exact) mass is 232 g/mol. The van der Waals surface area contributed by atoms with Gasteiger partial charge in [0.2, 0.25) is 0 Å². The Morgan fingerprint density at radius 2 is 2.18 bits per heavy atom. The summed E-state index contributed by atoms with van der Waals surface area (Å²) in [6.07, 6.45) is 9.49. The molecule has 0 aliphatic rings. The largest absolute Gasteiger partial charge is 0.350 e. The van der Waals surface area contributed by atoms with E-state index in [0.29, 0.717) is 0 Å². The Kier molecular flexibility index (Phi) is 5.23. The second-order valence-electron chi connectivity index (χ2n) is 4.47. The van der Waals surface area contributed by atoms with E-state index < -0.39 is 0 Å². The summed E-state index contributed by atoms with van der Waals surface area (Å²) in [4.78, 5) is 2.32. The third-order valence-electron chi connectivity index (χ3n) is 3.18. The van der Waals surface area contributed by atoms with Crippen LogP contribution in [0.2, 0.25) is 0 Å². The molecule has 0 amide bonds. The van der Waals surface area contributed by atoms with E-state index in [1.165, 1.54) is 10.9 Å². The van der Waals surface area contributed by atoms with Gasteiger partial charge < -0.3 is 9.47 Å². The molecule has 0 N–H and O–H groups in total. The number of hydrogen-bond acceptors (Lipinski definition) is 1. The first-order valence-corrected chi connectivity index (χ1v) is 6.24. The third-order valence-corrected chi connectivity index (χ3v) is 3.18. The molecule has 0 saturated heterocycles. The summed E-state index contributed by atoms with van der Waals surface area (Å²) in [5.41, 5.74) is 1.35. The van der Waals surface area contributed by atoms with Crippen LogP contribution in [0.15, 0.2) is 18.3 Å². The first-order chi connectivity index (χ1) is 8.10. The SMILES string of the molecule is C=c1c(CCN(C)CC)cn(C)/c1=C/C=C\C. The Labute approximate surface area is 105 Å². The molecule has 1 aromatic heterocycles. The predicted molar refractivity (Wildman–Crippen MR) is 76.3 cm³/mol. The summed E-state index contributed by atoms with van der Waals surface area (Å²) in [7, 11) is 4.23. The fourth-order valence-corrected chi connectivity index (χ4v) is 1.85. The molecule has 0 aromatic carbocycles. The first-order valence-electron chi connectivity index (χ1n) is 6.24. The van der Waals surface area contributed by atoms with Gasteiger partial charge >= 0.3 is 0 Å². The molecule has 1 rings (SSSR count). The molecule has 2 heteroatoms. The number of nitrogens with zero attached hydrogens (tertiary/aromatic N) is 2. The first kappa shape index (κ1) is 13.8. The zero-order valence-electron chi connectivity index (χ0n) is 11.5. The number of aryl methyl sites for hydroxylation is 1. The number of allylic oxidation sites excluding steroid dienone is 2. The Hall–Kier alpha value is -1.28. The third kappa shape index (κ3) is 3.60. The molecule has 0 fully saturated rings. The van der Waals surface area contributed by atoms with E-state index in [0.717, 1.165) is 24.7 Å². The van der Waals surface area contributed by atoms with Crippen molar-refractivity contribution >= 4 is 12.7 Å². The average molecular weight is 232 g/mol. The lowest BCUT2D eigenvalue weighted by Gasteiger charge is -2.12. The number of rotatable bonds is 5. The van der Waals surface area contributed by atoms with E-state index in [1.54, 1.807) is 0 Å². The molecular formula is C15H24N2. The maximum Gasteiger partial charge on any atom is 0.0474 e. The highest BCUT2D eigenvalue weighted by molar-refractivity contribution is 5.37. The summed E-state index contributed by atoms with van der Waals surface area (Å²) in [5.74, 6) is 0. The van der Waals surface area contributed by atoms with E-state index in [4.69, 9.17) is 0 Å². The minimum Gasteiger partial charge on any atom is -0.350 e. The van der Waals surface area contributed by atoms with E-state index in [1.807, 2.05) is 13.0 Å². The van der Waals surface area contributed by atoms with Gasteiger partial charge in [0.1, 0.15) is 0 Å². The van der Waals surface area contributed by atoms with Crippen molar-refractivity contribution in [2.75, 3.05) is 20.1 Å². The van der Waals surface area contributed by atoms with Gasteiger partial charge in [-0.1, -0.05) is 25.7 Å². The molecule has 1 heterocycles. The second-order valence-corrected chi connectivity index (χ2v) is 4.47. The highest BCUT2D eigenvalue weighted by Crippen LogP contribution is 1.93. The van der Waals surface area contributed by atoms with Gasteiger partial charge in [-0.15, -0.1) is 0 Å². The quantitative estimate of drug-likeness (QED) is 0.742. The summed E-state index contributed by atoms with van der Waals surface area (Å²) >= 11 is 0. The fraction of sp³-hybridized carbons (Fsp3) is 0.467. The van der Waals surface area contributed by atoms with Gasteiger partial charge in [0.05, 0.1) is 0 Å². The average Bonchev–Trinajstić information content (AvgIpc) is 2.59. The van der Waals surface area contributed by atoms with Crippen LogP contribution < -0.4 is 10.6 Å². The van der Waals surface area contributed by atoms with Crippen molar-refractivity contribution < 1.29 is 0 Å². The molecule has 94 valence electrons. The molecule has 0 bridgehead atoms. The van der Waals surface area contributed by atoms with Crippen molar-refractivity contribution in [2.24, 2.45) is 7.05 Å². The maximum absolute atomic E-state index is 4.19. The van der Waals surface area contributed by atoms with Gasteiger partial charge in [0.15, 0.2) is 0 Å². The molecule has 0 aliphatic heterocycles. The molecule has 0 aliphatic carbocycles. The zero-order valence-corrected chi connectivity index (χ0v) is 11.5. The van der Waals surface area contributed by atoms with Crippen molar-refractivity contribution in [3.63, 3.8) is 0 Å². The predicted octanol–water partition coefficient (Wildman–Crippen LogP) is 1.29. The summed E-state index contributed by atoms with van der Waals surface area (Å²) in [6.45, 7) is 10.6. The smallest absolute Gasteiger partial charge is 0.0474 e. The van der Waals surface area contributed by atoms with Gasteiger partial charge in [0, 0.05) is 25.1 Å². The summed E-state index contributed by atoms with van der Waals surface area (Å²) in [6, 6.07) is 0. The van der Waals surface area contributed by atoms with E-state index in [2.05, 4.69) is 55.4 Å². The molecular weight excluding hydrogens is 208 g/mol. The Morgan fingerprint density at radius 1 is 1.47 bits per heavy atom. The van der Waals surface area contributed by atoms with Crippen LogP contribution in [0.4, 0.5) is 0 Å². The maximum atomic E-state index is 4.19. The van der Waals surface area contributed by atoms with E-state index in [-0.39, 0.29) is 0 Å². The van der Waals surface area contributed by atoms with Crippen LogP contribution in [0.3, 0.4) is 0 Å². The molecule has 0 saturated carbocycles. The Bertz CT molecular complexity index is 480. The lowest BCUT2D eigenvalue weighted by molar-refractivity contribution is 0.357. The molecule has 0 atom stereocenters. The van der Waals surface area contributed by atoms with E-state index in [9.17, 15) is 0 Å². The molecule has 0 unspecified atom stereocenters. The fourth-order valence-electron chi connectivity index (χ4n) is 1.85. The highest BCUT2D eigenvalue weighted by Gasteiger charge is 2.02. The van der Waals surface area contributed by atoms with Crippen LogP contribution in [0.25, 0.3) is 12.7 Å². The molecule has 0 spiro atoms. The Balaban J connectivity index is 2.93. The standard InChI is InChI=1S/C15H24N2/c1-6-8-9-15-13(3)14(12-17(15)5)10-11-16(4)7-2/h6,8-9,12H,3,7,10-11H2,1-2,4-5H3/b8-6-,15-9+. The highest BCUT2D eigenvalue weighted by atomic mass is 15.1. The summed E-state index contributed by atoms with van der Waals surface area (Å²) < 4.78 is 2.16. The summed E-state index contributed by atoms with van der Waals surface area (Å²) in [5, 5.41) is 2.37. The van der Waals surface area contributed by atoms with Crippen LogP contribution in [0, 0.1) is 0 Å². The van der Waals surface area contributed by atoms with Gasteiger partial charge in [0.25, 0.3) is 0 Å². The topological polar surface area (TPSA) is 8.17 Å². The molecule has 2 nitrogen and oxygen atoms in total. The van der Waals surface area contributed by atoms with Crippen molar-refractivity contribution in [1.29, 1.82) is 0 Å². The minimum atomic E-state index is 1.07. The van der Waals surface area contributed by atoms with Crippen LogP contribution in [-0.2, 0) is 13.5 Å². The molecule has 17 heavy (non-hydrogen) atoms. The van der Waals surface area contributed by atoms with Gasteiger partial charge in [-0.2, -0.15) is 0 Å². The van der Waals surface area contributed by atoms with Crippen LogP contribution in [0.5, 0.6) is 0 Å². The number of hydrogen-bond donors (Lipinski definition) is 0. The van der Waals surface area contributed by atoms with Crippen LogP contribution >= 0.6 is 0 Å². The zero-order chi connectivity index (χ0) is 12.8. The minimum absolute atomic E-state index is 1.07. The van der Waals surface area contributed by atoms with Crippen LogP contribution in [-0.4, -0.2) is 29.6 Å². The van der Waals surface area contributed by atoms with Crippen LogP contribution in [0.1, 0.15) is 19.4 Å². The van der Waals surface area contributed by atoms with Gasteiger partial charge in [-0.3, -0.25) is 0 Å². The number of likely N-dealkylation sites (N-methyl/N-ethyl adjacent to an activating group) is 1. The lowest BCUT2D eigenvalue weighted by Crippen LogP contribution is -2.29. The van der Waals surface area contributed by atoms with E-state index >= 15 is 0 Å². The van der Waals surface area contributed by atoms with Crippen molar-refractivity contribution in [1.82, 2.24) is 9.47 Å². The van der Waals surface area contributed by atoms with Crippen molar-refractivity contribution in [2.45, 2.75) is 20.3 Å². The Morgan fingerprint density at radius 3 is 2.76 bits per heavy atom. The van der Waals surface area contributed by atoms with Gasteiger partial charge in [-0.05, 0) is 43.8 Å². The lowest BCUT2D eigenvalue weighted by atomic mass is 10.2.